The van der Waals surface area contributed by atoms with Crippen LogP contribution in [0.2, 0.25) is 0 Å². The summed E-state index contributed by atoms with van der Waals surface area (Å²) in [5.41, 5.74) is 6.46. The van der Waals surface area contributed by atoms with Crippen molar-refractivity contribution in [1.29, 1.82) is 0 Å². The maximum atomic E-state index is 13.1. The number of primary amides is 1. The van der Waals surface area contributed by atoms with E-state index in [-0.39, 0.29) is 23.0 Å². The van der Waals surface area contributed by atoms with Crippen LogP contribution in [0.3, 0.4) is 0 Å². The lowest BCUT2D eigenvalue weighted by molar-refractivity contribution is -0.384. The number of hydrogen-bond donors (Lipinski definition) is 2. The number of non-ortho nitro benzene ring substituents is 1. The Bertz CT molecular complexity index is 1240. The number of hydrogen-bond acceptors (Lipinski definition) is 9. The third-order valence-corrected chi connectivity index (χ3v) is 6.54. The monoisotopic (exact) mass is 468 g/mol. The summed E-state index contributed by atoms with van der Waals surface area (Å²) < 4.78 is 1.41. The van der Waals surface area contributed by atoms with Gasteiger partial charge in [-0.1, -0.05) is 12.8 Å². The van der Waals surface area contributed by atoms with Crippen LogP contribution in [-0.4, -0.2) is 41.9 Å². The van der Waals surface area contributed by atoms with Crippen molar-refractivity contribution in [1.82, 2.24) is 25.2 Å². The molecular formula is C20H20N8O4S. The highest BCUT2D eigenvalue weighted by atomic mass is 32.2. The molecule has 0 atom stereocenters. The van der Waals surface area contributed by atoms with Gasteiger partial charge in [-0.2, -0.15) is 0 Å². The number of nitrogens with zero attached hydrogens (tertiary/aromatic N) is 6. The zero-order valence-electron chi connectivity index (χ0n) is 17.6. The fourth-order valence-electron chi connectivity index (χ4n) is 3.80. The molecule has 13 heteroatoms. The summed E-state index contributed by atoms with van der Waals surface area (Å²) in [5.74, 6) is -0.896. The molecule has 0 radical (unpaired) electrons. The second-order valence-electron chi connectivity index (χ2n) is 7.58. The standard InChI is InChI=1S/C20H20N8O4S/c1-27-20(24-25-26-27)33-16-7-6-12(28(31)32)8-14(16)19(30)23-17-9-13(18(21)29)15(10-22-17)11-4-2-3-5-11/h6-11H,2-5H2,1H3,(H2,21,29)(H,22,23,30). The number of aryl methyl sites for hydroxylation is 1. The number of nitro benzene ring substituents is 1. The molecule has 33 heavy (non-hydrogen) atoms. The molecule has 1 fully saturated rings. The first-order valence-electron chi connectivity index (χ1n) is 10.1. The first-order valence-corrected chi connectivity index (χ1v) is 10.9. The third-order valence-electron chi connectivity index (χ3n) is 5.44. The van der Waals surface area contributed by atoms with Crippen molar-refractivity contribution in [2.24, 2.45) is 12.8 Å². The summed E-state index contributed by atoms with van der Waals surface area (Å²) in [7, 11) is 1.63. The average molecular weight is 468 g/mol. The molecule has 0 saturated heterocycles. The van der Waals surface area contributed by atoms with Crippen LogP contribution < -0.4 is 11.1 Å². The van der Waals surface area contributed by atoms with E-state index in [0.29, 0.717) is 15.6 Å². The van der Waals surface area contributed by atoms with Gasteiger partial charge in [-0.05, 0) is 58.6 Å². The number of tetrazole rings is 1. The number of carbonyl (C=O) groups is 2. The number of benzene rings is 1. The molecule has 1 aliphatic carbocycles. The van der Waals surface area contributed by atoms with Crippen LogP contribution in [0.4, 0.5) is 11.5 Å². The van der Waals surface area contributed by atoms with Crippen LogP contribution in [0.5, 0.6) is 0 Å². The van der Waals surface area contributed by atoms with Gasteiger partial charge in [0.25, 0.3) is 11.6 Å². The molecule has 0 aliphatic heterocycles. The molecule has 1 aliphatic rings. The van der Waals surface area contributed by atoms with E-state index < -0.39 is 16.7 Å². The summed E-state index contributed by atoms with van der Waals surface area (Å²) >= 11 is 1.08. The van der Waals surface area contributed by atoms with Crippen molar-refractivity contribution >= 4 is 35.1 Å². The minimum atomic E-state index is -0.632. The van der Waals surface area contributed by atoms with Gasteiger partial charge in [0, 0.05) is 35.8 Å². The number of nitrogens with one attached hydrogen (secondary N) is 1. The first-order chi connectivity index (χ1) is 15.8. The summed E-state index contributed by atoms with van der Waals surface area (Å²) in [6, 6.07) is 5.37. The Morgan fingerprint density at radius 3 is 2.64 bits per heavy atom. The number of amides is 2. The lowest BCUT2D eigenvalue weighted by Gasteiger charge is -2.15. The van der Waals surface area contributed by atoms with E-state index in [1.54, 1.807) is 13.2 Å². The lowest BCUT2D eigenvalue weighted by atomic mass is 9.94. The van der Waals surface area contributed by atoms with Crippen molar-refractivity contribution in [2.45, 2.75) is 41.7 Å². The first kappa shape index (κ1) is 22.3. The Hall–Kier alpha value is -3.87. The molecule has 170 valence electrons. The average Bonchev–Trinajstić information content (AvgIpc) is 3.46. The van der Waals surface area contributed by atoms with Crippen LogP contribution in [0, 0.1) is 10.1 Å². The Kier molecular flexibility index (Phi) is 6.31. The fraction of sp³-hybridized carbons (Fsp3) is 0.300. The largest absolute Gasteiger partial charge is 0.366 e. The van der Waals surface area contributed by atoms with E-state index in [4.69, 9.17) is 5.73 Å². The Balaban J connectivity index is 1.65. The lowest BCUT2D eigenvalue weighted by Crippen LogP contribution is -2.19. The number of nitrogens with two attached hydrogens (primary N) is 1. The van der Waals surface area contributed by atoms with E-state index >= 15 is 0 Å². The SMILES string of the molecule is Cn1nnnc1Sc1ccc([N+](=O)[O-])cc1C(=O)Nc1cc(C(N)=O)c(C2CCCC2)cn1. The van der Waals surface area contributed by atoms with Gasteiger partial charge in [-0.15, -0.1) is 5.10 Å². The predicted molar refractivity (Wildman–Crippen MR) is 118 cm³/mol. The number of aromatic nitrogens is 5. The molecule has 12 nitrogen and oxygen atoms in total. The summed E-state index contributed by atoms with van der Waals surface area (Å²) in [5, 5.41) is 25.4. The number of rotatable bonds is 7. The van der Waals surface area contributed by atoms with E-state index in [9.17, 15) is 19.7 Å². The van der Waals surface area contributed by atoms with Gasteiger partial charge in [-0.25, -0.2) is 9.67 Å². The van der Waals surface area contributed by atoms with Crippen molar-refractivity contribution < 1.29 is 14.5 Å². The van der Waals surface area contributed by atoms with Gasteiger partial charge in [0.15, 0.2) is 0 Å². The van der Waals surface area contributed by atoms with Crippen LogP contribution in [0.1, 0.15) is 57.9 Å². The molecule has 3 aromatic rings. The molecular weight excluding hydrogens is 448 g/mol. The summed E-state index contributed by atoms with van der Waals surface area (Å²) in [6.07, 6.45) is 5.64. The topological polar surface area (TPSA) is 172 Å². The second-order valence-corrected chi connectivity index (χ2v) is 8.59. The van der Waals surface area contributed by atoms with Crippen molar-refractivity contribution in [2.75, 3.05) is 5.32 Å². The van der Waals surface area contributed by atoms with E-state index in [1.807, 2.05) is 0 Å². The normalized spacial score (nSPS) is 13.7. The molecule has 2 aromatic heterocycles. The zero-order valence-corrected chi connectivity index (χ0v) is 18.4. The van der Waals surface area contributed by atoms with Crippen LogP contribution >= 0.6 is 11.8 Å². The maximum Gasteiger partial charge on any atom is 0.270 e. The van der Waals surface area contributed by atoms with Gasteiger partial charge in [0.1, 0.15) is 5.82 Å². The van der Waals surface area contributed by atoms with Crippen molar-refractivity contribution in [3.05, 3.63) is 57.3 Å². The van der Waals surface area contributed by atoms with Gasteiger partial charge < -0.3 is 11.1 Å². The summed E-state index contributed by atoms with van der Waals surface area (Å²) in [4.78, 5) is 40.5. The Morgan fingerprint density at radius 1 is 1.24 bits per heavy atom. The molecule has 1 aromatic carbocycles. The number of anilines is 1. The molecule has 3 N–H and O–H groups in total. The number of nitro groups is 1. The zero-order chi connectivity index (χ0) is 23.5. The van der Waals surface area contributed by atoms with E-state index in [1.165, 1.54) is 28.9 Å². The molecule has 2 amide bonds. The van der Waals surface area contributed by atoms with Gasteiger partial charge >= 0.3 is 0 Å². The minimum Gasteiger partial charge on any atom is -0.366 e. The quantitative estimate of drug-likeness (QED) is 0.390. The minimum absolute atomic E-state index is 0.0412. The third kappa shape index (κ3) is 4.82. The Labute approximate surface area is 192 Å². The fourth-order valence-corrected chi connectivity index (χ4v) is 4.64. The highest BCUT2D eigenvalue weighted by molar-refractivity contribution is 7.99. The van der Waals surface area contributed by atoms with E-state index in [0.717, 1.165) is 43.0 Å². The second kappa shape index (κ2) is 9.32. The number of pyridine rings is 1. The van der Waals surface area contributed by atoms with Crippen molar-refractivity contribution in [3.63, 3.8) is 0 Å². The van der Waals surface area contributed by atoms with Gasteiger partial charge in [0.05, 0.1) is 10.5 Å². The van der Waals surface area contributed by atoms with Crippen LogP contribution in [-0.2, 0) is 7.05 Å². The van der Waals surface area contributed by atoms with Gasteiger partial charge in [-0.3, -0.25) is 19.7 Å². The van der Waals surface area contributed by atoms with Crippen molar-refractivity contribution in [3.8, 4) is 0 Å². The molecule has 2 heterocycles. The van der Waals surface area contributed by atoms with Crippen LogP contribution in [0.15, 0.2) is 40.5 Å². The molecule has 4 rings (SSSR count). The van der Waals surface area contributed by atoms with E-state index in [2.05, 4.69) is 25.8 Å². The molecule has 1 saturated carbocycles. The predicted octanol–water partition coefficient (Wildman–Crippen LogP) is 2.67. The maximum absolute atomic E-state index is 13.1. The number of carbonyl (C=O) groups excluding carboxylic acids is 2. The van der Waals surface area contributed by atoms with Gasteiger partial charge in [0.2, 0.25) is 11.1 Å². The molecule has 0 unspecified atom stereocenters. The highest BCUT2D eigenvalue weighted by Gasteiger charge is 2.24. The summed E-state index contributed by atoms with van der Waals surface area (Å²) in [6.45, 7) is 0. The smallest absolute Gasteiger partial charge is 0.270 e. The van der Waals surface area contributed by atoms with Crippen LogP contribution in [0.25, 0.3) is 0 Å². The Morgan fingerprint density at radius 2 is 2.00 bits per heavy atom. The highest BCUT2D eigenvalue weighted by Crippen LogP contribution is 2.36. The molecule has 0 spiro atoms. The molecule has 0 bridgehead atoms.